The van der Waals surface area contributed by atoms with E-state index in [2.05, 4.69) is 21.9 Å². The summed E-state index contributed by atoms with van der Waals surface area (Å²) in [5, 5.41) is 0. The number of amides is 1. The van der Waals surface area contributed by atoms with Crippen LogP contribution in [0.2, 0.25) is 0 Å². The van der Waals surface area contributed by atoms with E-state index in [-0.39, 0.29) is 12.5 Å². The van der Waals surface area contributed by atoms with Gasteiger partial charge in [0.1, 0.15) is 11.6 Å². The van der Waals surface area contributed by atoms with Crippen LogP contribution in [0.4, 0.5) is 0 Å². The zero-order valence-corrected chi connectivity index (χ0v) is 13.8. The topological polar surface area (TPSA) is 58.6 Å². The van der Waals surface area contributed by atoms with E-state index in [1.54, 1.807) is 12.4 Å². The molecular weight excluding hydrogens is 304 g/mol. The van der Waals surface area contributed by atoms with Crippen molar-refractivity contribution in [1.29, 1.82) is 0 Å². The summed E-state index contributed by atoms with van der Waals surface area (Å²) in [4.78, 5) is 24.9. The molecule has 1 atom stereocenters. The molecule has 6 heteroatoms. The number of hydrogen-bond donors (Lipinski definition) is 0. The van der Waals surface area contributed by atoms with E-state index < -0.39 is 0 Å². The highest BCUT2D eigenvalue weighted by atomic mass is 16.5. The number of ether oxygens (including phenoxy) is 1. The number of likely N-dealkylation sites (N-methyl/N-ethyl adjacent to an activating group) is 1. The van der Waals surface area contributed by atoms with E-state index >= 15 is 0 Å². The molecule has 0 unspecified atom stereocenters. The highest BCUT2D eigenvalue weighted by Gasteiger charge is 2.29. The summed E-state index contributed by atoms with van der Waals surface area (Å²) >= 11 is 0. The largest absolute Gasteiger partial charge is 0.484 e. The number of rotatable bonds is 6. The van der Waals surface area contributed by atoms with Gasteiger partial charge in [-0.15, -0.1) is 0 Å². The molecule has 0 radical (unpaired) electrons. The van der Waals surface area contributed by atoms with Gasteiger partial charge in [-0.1, -0.05) is 18.2 Å². The van der Waals surface area contributed by atoms with Crippen LogP contribution in [0.15, 0.2) is 48.8 Å². The molecule has 0 spiro atoms. The number of aromatic nitrogens is 2. The fourth-order valence-electron chi connectivity index (χ4n) is 2.84. The Morgan fingerprint density at radius 1 is 1.25 bits per heavy atom. The molecule has 1 saturated heterocycles. The Hall–Kier alpha value is -2.47. The number of hydrogen-bond acceptors (Lipinski definition) is 5. The third-order valence-electron chi connectivity index (χ3n) is 4.26. The molecule has 24 heavy (non-hydrogen) atoms. The number of para-hydroxylation sites is 1. The minimum absolute atomic E-state index is 0.0331. The Morgan fingerprint density at radius 3 is 2.75 bits per heavy atom. The van der Waals surface area contributed by atoms with Crippen LogP contribution in [0.1, 0.15) is 12.2 Å². The van der Waals surface area contributed by atoms with Crippen LogP contribution in [-0.2, 0) is 11.3 Å². The van der Waals surface area contributed by atoms with Crippen molar-refractivity contribution in [2.24, 2.45) is 0 Å². The molecule has 0 saturated carbocycles. The SMILES string of the molecule is CN(Cc1ncccn1)[C@H]1CCN(C(=O)COc2ccccc2)C1. The summed E-state index contributed by atoms with van der Waals surface area (Å²) in [5.74, 6) is 1.56. The number of likely N-dealkylation sites (tertiary alicyclic amines) is 1. The zero-order valence-electron chi connectivity index (χ0n) is 13.8. The van der Waals surface area contributed by atoms with Crippen LogP contribution in [-0.4, -0.2) is 58.5 Å². The normalized spacial score (nSPS) is 17.2. The molecule has 1 aromatic heterocycles. The fourth-order valence-corrected chi connectivity index (χ4v) is 2.84. The van der Waals surface area contributed by atoms with Crippen molar-refractivity contribution >= 4 is 5.91 Å². The summed E-state index contributed by atoms with van der Waals surface area (Å²) in [6.07, 6.45) is 4.46. The zero-order chi connectivity index (χ0) is 16.8. The van der Waals surface area contributed by atoms with Gasteiger partial charge in [-0.2, -0.15) is 0 Å². The Kier molecular flexibility index (Phi) is 5.38. The molecule has 2 heterocycles. The van der Waals surface area contributed by atoms with Gasteiger partial charge in [-0.3, -0.25) is 9.69 Å². The highest BCUT2D eigenvalue weighted by Crippen LogP contribution is 2.16. The van der Waals surface area contributed by atoms with Crippen LogP contribution < -0.4 is 4.74 Å². The van der Waals surface area contributed by atoms with Gasteiger partial charge in [0.15, 0.2) is 6.61 Å². The standard InChI is InChI=1S/C18H22N4O2/c1-21(13-17-19-9-5-10-20-17)15-8-11-22(12-15)18(23)14-24-16-6-3-2-4-7-16/h2-7,9-10,15H,8,11-14H2,1H3/t15-/m0/s1. The molecule has 2 aromatic rings. The molecule has 6 nitrogen and oxygen atoms in total. The number of nitrogens with zero attached hydrogens (tertiary/aromatic N) is 4. The van der Waals surface area contributed by atoms with Gasteiger partial charge in [-0.05, 0) is 31.7 Å². The lowest BCUT2D eigenvalue weighted by atomic mass is 10.2. The lowest BCUT2D eigenvalue weighted by molar-refractivity contribution is -0.132. The molecule has 0 bridgehead atoms. The van der Waals surface area contributed by atoms with Crippen LogP contribution in [0, 0.1) is 0 Å². The van der Waals surface area contributed by atoms with Crippen molar-refractivity contribution in [2.75, 3.05) is 26.7 Å². The second-order valence-electron chi connectivity index (χ2n) is 5.96. The molecule has 0 aliphatic carbocycles. The Labute approximate surface area is 142 Å². The van der Waals surface area contributed by atoms with Gasteiger partial charge in [0.2, 0.25) is 0 Å². The second kappa shape index (κ2) is 7.88. The minimum atomic E-state index is 0.0331. The summed E-state index contributed by atoms with van der Waals surface area (Å²) in [7, 11) is 2.05. The number of carbonyl (C=O) groups is 1. The summed E-state index contributed by atoms with van der Waals surface area (Å²) in [6.45, 7) is 2.26. The first-order chi connectivity index (χ1) is 11.7. The molecule has 1 fully saturated rings. The van der Waals surface area contributed by atoms with Crippen molar-refractivity contribution in [3.63, 3.8) is 0 Å². The molecule has 1 aromatic carbocycles. The van der Waals surface area contributed by atoms with E-state index in [1.807, 2.05) is 41.3 Å². The van der Waals surface area contributed by atoms with Gasteiger partial charge in [0.25, 0.3) is 5.91 Å². The average Bonchev–Trinajstić information content (AvgIpc) is 3.12. The smallest absolute Gasteiger partial charge is 0.260 e. The van der Waals surface area contributed by atoms with Crippen LogP contribution in [0.3, 0.4) is 0 Å². The first-order valence-corrected chi connectivity index (χ1v) is 8.14. The van der Waals surface area contributed by atoms with E-state index in [0.717, 1.165) is 31.1 Å². The van der Waals surface area contributed by atoms with E-state index in [1.165, 1.54) is 0 Å². The molecular formula is C18H22N4O2. The summed E-state index contributed by atoms with van der Waals surface area (Å²) < 4.78 is 5.55. The molecule has 1 amide bonds. The van der Waals surface area contributed by atoms with Crippen molar-refractivity contribution < 1.29 is 9.53 Å². The van der Waals surface area contributed by atoms with Gasteiger partial charge in [-0.25, -0.2) is 9.97 Å². The number of benzene rings is 1. The third kappa shape index (κ3) is 4.29. The molecule has 126 valence electrons. The maximum absolute atomic E-state index is 12.3. The van der Waals surface area contributed by atoms with Crippen molar-refractivity contribution in [3.05, 3.63) is 54.6 Å². The Morgan fingerprint density at radius 2 is 2.00 bits per heavy atom. The summed E-state index contributed by atoms with van der Waals surface area (Å²) in [6, 6.07) is 11.6. The lowest BCUT2D eigenvalue weighted by Gasteiger charge is -2.24. The van der Waals surface area contributed by atoms with Crippen LogP contribution in [0.5, 0.6) is 5.75 Å². The summed E-state index contributed by atoms with van der Waals surface area (Å²) in [5.41, 5.74) is 0. The maximum Gasteiger partial charge on any atom is 0.260 e. The van der Waals surface area contributed by atoms with Crippen LogP contribution in [0.25, 0.3) is 0 Å². The van der Waals surface area contributed by atoms with E-state index in [0.29, 0.717) is 12.6 Å². The molecule has 0 N–H and O–H groups in total. The van der Waals surface area contributed by atoms with Gasteiger partial charge < -0.3 is 9.64 Å². The maximum atomic E-state index is 12.3. The number of carbonyl (C=O) groups excluding carboxylic acids is 1. The first-order valence-electron chi connectivity index (χ1n) is 8.14. The Balaban J connectivity index is 1.46. The predicted octanol–water partition coefficient (Wildman–Crippen LogP) is 1.59. The van der Waals surface area contributed by atoms with Crippen LogP contribution >= 0.6 is 0 Å². The third-order valence-corrected chi connectivity index (χ3v) is 4.26. The average molecular weight is 326 g/mol. The molecule has 3 rings (SSSR count). The first kappa shape index (κ1) is 16.4. The monoisotopic (exact) mass is 326 g/mol. The molecule has 1 aliphatic rings. The quantitative estimate of drug-likeness (QED) is 0.807. The fraction of sp³-hybridized carbons (Fsp3) is 0.389. The van der Waals surface area contributed by atoms with E-state index in [9.17, 15) is 4.79 Å². The van der Waals surface area contributed by atoms with Crippen molar-refractivity contribution in [3.8, 4) is 5.75 Å². The minimum Gasteiger partial charge on any atom is -0.484 e. The van der Waals surface area contributed by atoms with Crippen molar-refractivity contribution in [1.82, 2.24) is 19.8 Å². The van der Waals surface area contributed by atoms with Gasteiger partial charge in [0, 0.05) is 31.5 Å². The molecule has 1 aliphatic heterocycles. The highest BCUT2D eigenvalue weighted by molar-refractivity contribution is 5.78. The van der Waals surface area contributed by atoms with Crippen molar-refractivity contribution in [2.45, 2.75) is 19.0 Å². The van der Waals surface area contributed by atoms with Gasteiger partial charge in [0.05, 0.1) is 6.54 Å². The second-order valence-corrected chi connectivity index (χ2v) is 5.96. The Bertz CT molecular complexity index is 651. The lowest BCUT2D eigenvalue weighted by Crippen LogP contribution is -2.38. The van der Waals surface area contributed by atoms with E-state index in [4.69, 9.17) is 4.74 Å². The van der Waals surface area contributed by atoms with Gasteiger partial charge >= 0.3 is 0 Å². The predicted molar refractivity (Wildman–Crippen MR) is 90.4 cm³/mol.